The lowest BCUT2D eigenvalue weighted by Gasteiger charge is -2.07. The monoisotopic (exact) mass is 238 g/mol. The summed E-state index contributed by atoms with van der Waals surface area (Å²) in [5.74, 6) is 0. The molecule has 0 bridgehead atoms. The molecule has 0 atom stereocenters. The third-order valence-electron chi connectivity index (χ3n) is 1.41. The molecule has 0 spiro atoms. The number of hydrogen-bond donors (Lipinski definition) is 0. The molecule has 98 valence electrons. The van der Waals surface area contributed by atoms with Gasteiger partial charge in [0.25, 0.3) is 0 Å². The fraction of sp³-hybridized carbons (Fsp3) is 1.00. The van der Waals surface area contributed by atoms with Crippen molar-refractivity contribution < 1.29 is 29.0 Å². The maximum absolute atomic E-state index is 5.24. The topological polar surface area (TPSA) is 55.4 Å². The Balaban J connectivity index is 2.88. The summed E-state index contributed by atoms with van der Waals surface area (Å²) < 4.78 is 10.00. The molecule has 0 fully saturated rings. The largest absolute Gasteiger partial charge is 0.382 e. The van der Waals surface area contributed by atoms with Gasteiger partial charge in [-0.15, -0.1) is 0 Å². The van der Waals surface area contributed by atoms with Crippen LogP contribution in [0.3, 0.4) is 0 Å². The lowest BCUT2D eigenvalue weighted by Crippen LogP contribution is -2.12. The molecular weight excluding hydrogens is 216 g/mol. The maximum Gasteiger partial charge on any atom is 0.109 e. The highest BCUT2D eigenvalue weighted by atomic mass is 17.2. The Morgan fingerprint density at radius 3 is 1.56 bits per heavy atom. The fourth-order valence-electron chi connectivity index (χ4n) is 0.739. The van der Waals surface area contributed by atoms with Gasteiger partial charge in [0.2, 0.25) is 0 Å². The highest BCUT2D eigenvalue weighted by molar-refractivity contribution is 4.34. The number of hydrogen-bond acceptors (Lipinski definition) is 6. The van der Waals surface area contributed by atoms with Crippen LogP contribution < -0.4 is 0 Å². The molecule has 0 saturated carbocycles. The minimum absolute atomic E-state index is 0.209. The lowest BCUT2D eigenvalue weighted by molar-refractivity contribution is -0.344. The van der Waals surface area contributed by atoms with Gasteiger partial charge in [-0.1, -0.05) is 0 Å². The van der Waals surface area contributed by atoms with Gasteiger partial charge in [0.1, 0.15) is 26.4 Å². The summed E-state index contributed by atoms with van der Waals surface area (Å²) in [4.78, 5) is 19.1. The van der Waals surface area contributed by atoms with E-state index in [2.05, 4.69) is 0 Å². The lowest BCUT2D eigenvalue weighted by atomic mass is 10.5. The van der Waals surface area contributed by atoms with E-state index >= 15 is 0 Å². The van der Waals surface area contributed by atoms with E-state index in [1.54, 1.807) is 7.11 Å². The van der Waals surface area contributed by atoms with Crippen LogP contribution in [0, 0.1) is 0 Å². The zero-order valence-electron chi connectivity index (χ0n) is 10.3. The van der Waals surface area contributed by atoms with Crippen LogP contribution in [0.2, 0.25) is 0 Å². The van der Waals surface area contributed by atoms with Gasteiger partial charge in [-0.3, -0.25) is 0 Å². The SMILES string of the molecule is COCCOOCCOOCCOC(C)C. The number of methoxy groups -OCH3 is 1. The predicted molar refractivity (Wildman–Crippen MR) is 56.8 cm³/mol. The van der Waals surface area contributed by atoms with Crippen molar-refractivity contribution in [2.75, 3.05) is 46.8 Å². The maximum atomic E-state index is 5.24. The first-order chi connectivity index (χ1) is 7.77. The minimum atomic E-state index is 0.209. The van der Waals surface area contributed by atoms with Crippen molar-refractivity contribution in [1.29, 1.82) is 0 Å². The second-order valence-electron chi connectivity index (χ2n) is 3.20. The molecule has 0 unspecified atom stereocenters. The van der Waals surface area contributed by atoms with Crippen LogP contribution in [0.5, 0.6) is 0 Å². The zero-order valence-corrected chi connectivity index (χ0v) is 10.3. The Morgan fingerprint density at radius 2 is 1.12 bits per heavy atom. The Labute approximate surface area is 96.6 Å². The Morgan fingerprint density at radius 1 is 0.688 bits per heavy atom. The average Bonchev–Trinajstić information content (AvgIpc) is 2.25. The summed E-state index contributed by atoms with van der Waals surface area (Å²) in [5.41, 5.74) is 0. The molecule has 0 rings (SSSR count). The molecule has 16 heavy (non-hydrogen) atoms. The molecule has 0 heterocycles. The molecule has 0 radical (unpaired) electrons. The van der Waals surface area contributed by atoms with Gasteiger partial charge in [-0.2, -0.15) is 0 Å². The predicted octanol–water partition coefficient (Wildman–Crippen LogP) is 0.954. The van der Waals surface area contributed by atoms with E-state index in [4.69, 9.17) is 29.0 Å². The molecule has 0 aromatic carbocycles. The molecule has 0 saturated heterocycles. The third-order valence-corrected chi connectivity index (χ3v) is 1.41. The van der Waals surface area contributed by atoms with Gasteiger partial charge >= 0.3 is 0 Å². The molecule has 0 aliphatic heterocycles. The second-order valence-corrected chi connectivity index (χ2v) is 3.20. The van der Waals surface area contributed by atoms with Gasteiger partial charge in [-0.05, 0) is 13.8 Å². The highest BCUT2D eigenvalue weighted by Gasteiger charge is 1.94. The van der Waals surface area contributed by atoms with E-state index in [0.29, 0.717) is 39.6 Å². The first-order valence-electron chi connectivity index (χ1n) is 5.36. The Hall–Kier alpha value is -0.240. The molecule has 0 aromatic heterocycles. The molecule has 0 aromatic rings. The van der Waals surface area contributed by atoms with E-state index < -0.39 is 0 Å². The van der Waals surface area contributed by atoms with Crippen molar-refractivity contribution in [2.45, 2.75) is 20.0 Å². The summed E-state index contributed by atoms with van der Waals surface area (Å²) >= 11 is 0. The van der Waals surface area contributed by atoms with E-state index in [-0.39, 0.29) is 6.10 Å². The van der Waals surface area contributed by atoms with E-state index in [9.17, 15) is 0 Å². The molecule has 0 aliphatic rings. The average molecular weight is 238 g/mol. The molecule has 0 aliphatic carbocycles. The smallest absolute Gasteiger partial charge is 0.109 e. The van der Waals surface area contributed by atoms with Crippen LogP contribution in [-0.4, -0.2) is 52.9 Å². The second kappa shape index (κ2) is 12.8. The van der Waals surface area contributed by atoms with Crippen molar-refractivity contribution >= 4 is 0 Å². The van der Waals surface area contributed by atoms with Gasteiger partial charge in [0, 0.05) is 7.11 Å². The van der Waals surface area contributed by atoms with Crippen LogP contribution in [-0.2, 0) is 29.0 Å². The summed E-state index contributed by atoms with van der Waals surface area (Å²) in [6.45, 7) is 6.39. The molecular formula is C10H22O6. The van der Waals surface area contributed by atoms with Crippen LogP contribution in [0.4, 0.5) is 0 Å². The number of rotatable bonds is 12. The number of ether oxygens (including phenoxy) is 2. The van der Waals surface area contributed by atoms with Gasteiger partial charge in [-0.25, -0.2) is 19.6 Å². The first-order valence-corrected chi connectivity index (χ1v) is 5.36. The van der Waals surface area contributed by atoms with Crippen molar-refractivity contribution in [3.8, 4) is 0 Å². The third kappa shape index (κ3) is 13.8. The van der Waals surface area contributed by atoms with Crippen LogP contribution in [0.15, 0.2) is 0 Å². The quantitative estimate of drug-likeness (QED) is 0.287. The van der Waals surface area contributed by atoms with Crippen molar-refractivity contribution in [1.82, 2.24) is 0 Å². The molecule has 0 N–H and O–H groups in total. The van der Waals surface area contributed by atoms with Crippen molar-refractivity contribution in [2.24, 2.45) is 0 Å². The highest BCUT2D eigenvalue weighted by Crippen LogP contribution is 1.88. The normalized spacial score (nSPS) is 11.2. The standard InChI is InChI=1S/C10H22O6/c1-10(2)12-5-7-14-16-9-8-15-13-6-4-11-3/h10H,4-9H2,1-3H3. The van der Waals surface area contributed by atoms with Crippen molar-refractivity contribution in [3.63, 3.8) is 0 Å². The fourth-order valence-corrected chi connectivity index (χ4v) is 0.739. The first kappa shape index (κ1) is 15.8. The molecule has 6 heteroatoms. The van der Waals surface area contributed by atoms with E-state index in [1.165, 1.54) is 0 Å². The minimum Gasteiger partial charge on any atom is -0.382 e. The Bertz CT molecular complexity index is 130. The van der Waals surface area contributed by atoms with E-state index in [0.717, 1.165) is 0 Å². The van der Waals surface area contributed by atoms with Crippen LogP contribution >= 0.6 is 0 Å². The molecule has 0 amide bonds. The zero-order chi connectivity index (χ0) is 12.1. The van der Waals surface area contributed by atoms with Gasteiger partial charge in [0.15, 0.2) is 0 Å². The molecule has 6 nitrogen and oxygen atoms in total. The Kier molecular flexibility index (Phi) is 12.6. The summed E-state index contributed by atoms with van der Waals surface area (Å²) in [6.07, 6.45) is 0.209. The summed E-state index contributed by atoms with van der Waals surface area (Å²) in [5, 5.41) is 0. The van der Waals surface area contributed by atoms with Crippen LogP contribution in [0.1, 0.15) is 13.8 Å². The van der Waals surface area contributed by atoms with Gasteiger partial charge < -0.3 is 9.47 Å². The van der Waals surface area contributed by atoms with Gasteiger partial charge in [0.05, 0.1) is 19.3 Å². The van der Waals surface area contributed by atoms with E-state index in [1.807, 2.05) is 13.8 Å². The van der Waals surface area contributed by atoms with Crippen molar-refractivity contribution in [3.05, 3.63) is 0 Å². The summed E-state index contributed by atoms with van der Waals surface area (Å²) in [6, 6.07) is 0. The van der Waals surface area contributed by atoms with Crippen LogP contribution in [0.25, 0.3) is 0 Å². The summed E-state index contributed by atoms with van der Waals surface area (Å²) in [7, 11) is 1.60.